The molecule has 0 unspecified atom stereocenters. The highest BCUT2D eigenvalue weighted by Gasteiger charge is 2.13. The first-order valence-electron chi connectivity index (χ1n) is 6.88. The van der Waals surface area contributed by atoms with Gasteiger partial charge in [-0.25, -0.2) is 13.1 Å². The zero-order valence-corrected chi connectivity index (χ0v) is 12.7. The van der Waals surface area contributed by atoms with E-state index in [0.29, 0.717) is 6.54 Å². The Labute approximate surface area is 121 Å². The number of hydrogen-bond acceptors (Lipinski definition) is 4. The summed E-state index contributed by atoms with van der Waals surface area (Å²) in [6.45, 7) is 6.36. The largest absolute Gasteiger partial charge is 0.379 e. The van der Waals surface area contributed by atoms with E-state index in [2.05, 4.69) is 9.62 Å². The van der Waals surface area contributed by atoms with Gasteiger partial charge in [-0.15, -0.1) is 0 Å². The minimum absolute atomic E-state index is 0.0395. The van der Waals surface area contributed by atoms with Gasteiger partial charge in [-0.1, -0.05) is 29.8 Å². The van der Waals surface area contributed by atoms with E-state index in [4.69, 9.17) is 4.74 Å². The standard InChI is InChI=1S/C14H22N2O3S/c1-13-3-2-4-14(11-13)12-20(17,18)15-5-6-16-7-9-19-10-8-16/h2-4,11,15H,5-10,12H2,1H3. The Morgan fingerprint density at radius 2 is 2.05 bits per heavy atom. The van der Waals surface area contributed by atoms with E-state index in [1.54, 1.807) is 0 Å². The summed E-state index contributed by atoms with van der Waals surface area (Å²) in [7, 11) is -3.26. The van der Waals surface area contributed by atoms with E-state index in [1.165, 1.54) is 0 Å². The minimum atomic E-state index is -3.26. The molecule has 1 heterocycles. The van der Waals surface area contributed by atoms with Crippen molar-refractivity contribution in [3.8, 4) is 0 Å². The molecule has 2 rings (SSSR count). The molecular formula is C14H22N2O3S. The van der Waals surface area contributed by atoms with Gasteiger partial charge in [0.05, 0.1) is 19.0 Å². The van der Waals surface area contributed by atoms with Crippen molar-refractivity contribution in [3.63, 3.8) is 0 Å². The number of nitrogens with one attached hydrogen (secondary N) is 1. The van der Waals surface area contributed by atoms with Gasteiger partial charge < -0.3 is 4.74 Å². The summed E-state index contributed by atoms with van der Waals surface area (Å²) in [6.07, 6.45) is 0. The topological polar surface area (TPSA) is 58.6 Å². The Balaban J connectivity index is 1.78. The fraction of sp³-hybridized carbons (Fsp3) is 0.571. The third-order valence-electron chi connectivity index (χ3n) is 3.29. The summed E-state index contributed by atoms with van der Waals surface area (Å²) in [5.74, 6) is 0.0395. The molecule has 6 heteroatoms. The molecule has 0 radical (unpaired) electrons. The molecule has 0 spiro atoms. The van der Waals surface area contributed by atoms with E-state index in [-0.39, 0.29) is 5.75 Å². The van der Waals surface area contributed by atoms with Crippen molar-refractivity contribution in [3.05, 3.63) is 35.4 Å². The highest BCUT2D eigenvalue weighted by Crippen LogP contribution is 2.07. The van der Waals surface area contributed by atoms with Gasteiger partial charge in [0, 0.05) is 26.2 Å². The van der Waals surface area contributed by atoms with Gasteiger partial charge in [0.1, 0.15) is 0 Å². The quantitative estimate of drug-likeness (QED) is 0.842. The lowest BCUT2D eigenvalue weighted by molar-refractivity contribution is 0.0390. The molecule has 0 atom stereocenters. The fourth-order valence-corrected chi connectivity index (χ4v) is 3.38. The summed E-state index contributed by atoms with van der Waals surface area (Å²) in [5, 5.41) is 0. The SMILES string of the molecule is Cc1cccc(CS(=O)(=O)NCCN2CCOCC2)c1. The Morgan fingerprint density at radius 3 is 2.75 bits per heavy atom. The molecular weight excluding hydrogens is 276 g/mol. The fourth-order valence-electron chi connectivity index (χ4n) is 2.26. The number of aryl methyl sites for hydroxylation is 1. The van der Waals surface area contributed by atoms with Crippen LogP contribution in [0.15, 0.2) is 24.3 Å². The van der Waals surface area contributed by atoms with E-state index in [1.807, 2.05) is 31.2 Å². The molecule has 5 nitrogen and oxygen atoms in total. The van der Waals surface area contributed by atoms with Crippen molar-refractivity contribution in [1.82, 2.24) is 9.62 Å². The monoisotopic (exact) mass is 298 g/mol. The van der Waals surface area contributed by atoms with Gasteiger partial charge in [0.25, 0.3) is 0 Å². The van der Waals surface area contributed by atoms with Crippen LogP contribution in [0.2, 0.25) is 0 Å². The van der Waals surface area contributed by atoms with Gasteiger partial charge in [-0.3, -0.25) is 4.90 Å². The number of ether oxygens (including phenoxy) is 1. The maximum atomic E-state index is 12.0. The number of hydrogen-bond donors (Lipinski definition) is 1. The van der Waals surface area contributed by atoms with Crippen LogP contribution in [-0.4, -0.2) is 52.7 Å². The van der Waals surface area contributed by atoms with Gasteiger partial charge in [-0.05, 0) is 12.5 Å². The van der Waals surface area contributed by atoms with Crippen molar-refractivity contribution >= 4 is 10.0 Å². The summed E-state index contributed by atoms with van der Waals surface area (Å²) in [4.78, 5) is 2.21. The molecule has 0 aromatic heterocycles. The third-order valence-corrected chi connectivity index (χ3v) is 4.65. The van der Waals surface area contributed by atoms with Gasteiger partial charge in [-0.2, -0.15) is 0 Å². The van der Waals surface area contributed by atoms with Crippen LogP contribution in [0.5, 0.6) is 0 Å². The van der Waals surface area contributed by atoms with E-state index >= 15 is 0 Å². The summed E-state index contributed by atoms with van der Waals surface area (Å²) in [5.41, 5.74) is 1.90. The number of benzene rings is 1. The van der Waals surface area contributed by atoms with Crippen molar-refractivity contribution in [2.24, 2.45) is 0 Å². The van der Waals surface area contributed by atoms with E-state index in [0.717, 1.165) is 44.0 Å². The predicted octanol–water partition coefficient (Wildman–Crippen LogP) is 0.747. The molecule has 112 valence electrons. The first kappa shape index (κ1) is 15.4. The molecule has 20 heavy (non-hydrogen) atoms. The molecule has 1 aliphatic rings. The Hall–Kier alpha value is -0.950. The second-order valence-corrected chi connectivity index (χ2v) is 6.90. The summed E-state index contributed by atoms with van der Waals surface area (Å²) < 4.78 is 31.9. The van der Waals surface area contributed by atoms with Crippen molar-refractivity contribution in [2.75, 3.05) is 39.4 Å². The molecule has 0 aliphatic carbocycles. The molecule has 1 aromatic rings. The predicted molar refractivity (Wildman–Crippen MR) is 79.1 cm³/mol. The van der Waals surface area contributed by atoms with Crippen LogP contribution in [0, 0.1) is 6.92 Å². The zero-order chi connectivity index (χ0) is 14.4. The highest BCUT2D eigenvalue weighted by molar-refractivity contribution is 7.88. The van der Waals surface area contributed by atoms with Crippen LogP contribution in [0.4, 0.5) is 0 Å². The third kappa shape index (κ3) is 5.20. The molecule has 1 aliphatic heterocycles. The van der Waals surface area contributed by atoms with Crippen LogP contribution in [0.25, 0.3) is 0 Å². The number of nitrogens with zero attached hydrogens (tertiary/aromatic N) is 1. The van der Waals surface area contributed by atoms with Crippen molar-refractivity contribution in [1.29, 1.82) is 0 Å². The maximum Gasteiger partial charge on any atom is 0.215 e. The lowest BCUT2D eigenvalue weighted by Gasteiger charge is -2.26. The Morgan fingerprint density at radius 1 is 1.30 bits per heavy atom. The van der Waals surface area contributed by atoms with Gasteiger partial charge in [0.15, 0.2) is 0 Å². The lowest BCUT2D eigenvalue weighted by atomic mass is 10.2. The lowest BCUT2D eigenvalue weighted by Crippen LogP contribution is -2.41. The molecule has 1 saturated heterocycles. The first-order chi connectivity index (χ1) is 9.55. The second kappa shape index (κ2) is 7.17. The molecule has 0 amide bonds. The molecule has 1 N–H and O–H groups in total. The molecule has 0 saturated carbocycles. The number of sulfonamides is 1. The molecule has 0 bridgehead atoms. The van der Waals surface area contributed by atoms with Crippen molar-refractivity contribution in [2.45, 2.75) is 12.7 Å². The first-order valence-corrected chi connectivity index (χ1v) is 8.53. The highest BCUT2D eigenvalue weighted by atomic mass is 32.2. The van der Waals surface area contributed by atoms with E-state index < -0.39 is 10.0 Å². The van der Waals surface area contributed by atoms with E-state index in [9.17, 15) is 8.42 Å². The summed E-state index contributed by atoms with van der Waals surface area (Å²) in [6, 6.07) is 7.59. The van der Waals surface area contributed by atoms with Crippen LogP contribution in [-0.2, 0) is 20.5 Å². The normalized spacial score (nSPS) is 17.2. The van der Waals surface area contributed by atoms with Crippen LogP contribution < -0.4 is 4.72 Å². The van der Waals surface area contributed by atoms with Crippen LogP contribution in [0.1, 0.15) is 11.1 Å². The second-order valence-electron chi connectivity index (χ2n) is 5.10. The number of morpholine rings is 1. The van der Waals surface area contributed by atoms with Crippen LogP contribution >= 0.6 is 0 Å². The minimum Gasteiger partial charge on any atom is -0.379 e. The van der Waals surface area contributed by atoms with Crippen molar-refractivity contribution < 1.29 is 13.2 Å². The van der Waals surface area contributed by atoms with Gasteiger partial charge in [0.2, 0.25) is 10.0 Å². The number of rotatable bonds is 6. The molecule has 1 aromatic carbocycles. The molecule has 1 fully saturated rings. The van der Waals surface area contributed by atoms with Gasteiger partial charge >= 0.3 is 0 Å². The smallest absolute Gasteiger partial charge is 0.215 e. The average Bonchev–Trinajstić information content (AvgIpc) is 2.39. The van der Waals surface area contributed by atoms with Crippen LogP contribution in [0.3, 0.4) is 0 Å². The average molecular weight is 298 g/mol. The summed E-state index contributed by atoms with van der Waals surface area (Å²) >= 11 is 0. The Kier molecular flexibility index (Phi) is 5.54. The zero-order valence-electron chi connectivity index (χ0n) is 11.8. The Bertz CT molecular complexity index is 525. The maximum absolute atomic E-state index is 12.0.